The molecular weight excluding hydrogens is 548 g/mol. The second-order valence-electron chi connectivity index (χ2n) is 12.6. The van der Waals surface area contributed by atoms with Gasteiger partial charge in [0.05, 0.1) is 24.9 Å². The molecule has 0 spiro atoms. The summed E-state index contributed by atoms with van der Waals surface area (Å²) in [7, 11) is 0. The third-order valence-corrected chi connectivity index (χ3v) is 8.66. The first kappa shape index (κ1) is 39.5. The fraction of sp³-hybridized carbons (Fsp3) is 0.886. The van der Waals surface area contributed by atoms with Gasteiger partial charge in [-0.1, -0.05) is 116 Å². The van der Waals surface area contributed by atoms with E-state index in [0.717, 1.165) is 64.2 Å². The summed E-state index contributed by atoms with van der Waals surface area (Å²) in [6.07, 6.45) is 20.6. The zero-order valence-electron chi connectivity index (χ0n) is 27.3. The summed E-state index contributed by atoms with van der Waals surface area (Å²) < 4.78 is 10.5. The van der Waals surface area contributed by atoms with E-state index in [0.29, 0.717) is 25.7 Å². The van der Waals surface area contributed by atoms with Gasteiger partial charge in [-0.15, -0.1) is 0 Å². The molecule has 0 unspecified atom stereocenters. The van der Waals surface area contributed by atoms with Gasteiger partial charge in [-0.25, -0.2) is 0 Å². The van der Waals surface area contributed by atoms with Crippen molar-refractivity contribution in [2.75, 3.05) is 13.2 Å². The number of carbonyl (C=O) groups excluding carboxylic acids is 2. The molecule has 0 aromatic carbocycles. The fourth-order valence-electron chi connectivity index (χ4n) is 5.94. The molecular formula is C35H64O8. The minimum absolute atomic E-state index is 0.0301. The van der Waals surface area contributed by atoms with E-state index in [-0.39, 0.29) is 43.4 Å². The molecule has 8 nitrogen and oxygen atoms in total. The molecule has 1 aliphatic carbocycles. The second-order valence-corrected chi connectivity index (χ2v) is 12.6. The van der Waals surface area contributed by atoms with Crippen LogP contribution in [0.3, 0.4) is 0 Å². The van der Waals surface area contributed by atoms with Crippen molar-refractivity contribution in [1.82, 2.24) is 0 Å². The van der Waals surface area contributed by atoms with Crippen LogP contribution in [-0.2, 0) is 19.1 Å². The molecule has 252 valence electrons. The van der Waals surface area contributed by atoms with Crippen molar-refractivity contribution in [1.29, 1.82) is 0 Å². The highest BCUT2D eigenvalue weighted by molar-refractivity contribution is 5.70. The van der Waals surface area contributed by atoms with Crippen LogP contribution in [0.5, 0.6) is 0 Å². The number of aliphatic hydroxyl groups is 4. The van der Waals surface area contributed by atoms with Gasteiger partial charge in [-0.2, -0.15) is 0 Å². The van der Waals surface area contributed by atoms with Gasteiger partial charge in [0.15, 0.2) is 6.10 Å². The van der Waals surface area contributed by atoms with Gasteiger partial charge < -0.3 is 29.9 Å². The number of unbranched alkanes of at least 4 members (excludes halogenated alkanes) is 13. The summed E-state index contributed by atoms with van der Waals surface area (Å²) >= 11 is 0. The van der Waals surface area contributed by atoms with Gasteiger partial charge in [0.25, 0.3) is 0 Å². The van der Waals surface area contributed by atoms with Crippen molar-refractivity contribution < 1.29 is 39.5 Å². The van der Waals surface area contributed by atoms with E-state index < -0.39 is 24.4 Å². The van der Waals surface area contributed by atoms with Crippen molar-refractivity contribution in [2.45, 2.75) is 173 Å². The molecule has 0 bridgehead atoms. The summed E-state index contributed by atoms with van der Waals surface area (Å²) in [6.45, 7) is 3.82. The lowest BCUT2D eigenvalue weighted by molar-refractivity contribution is -0.161. The van der Waals surface area contributed by atoms with Gasteiger partial charge in [0.1, 0.15) is 6.61 Å². The van der Waals surface area contributed by atoms with Gasteiger partial charge in [0, 0.05) is 25.2 Å². The van der Waals surface area contributed by atoms with Crippen molar-refractivity contribution in [3.63, 3.8) is 0 Å². The molecule has 0 heterocycles. The van der Waals surface area contributed by atoms with E-state index in [1.807, 2.05) is 6.08 Å². The maximum absolute atomic E-state index is 12.1. The molecule has 8 heteroatoms. The van der Waals surface area contributed by atoms with Crippen LogP contribution in [-0.4, -0.2) is 70.0 Å². The summed E-state index contributed by atoms with van der Waals surface area (Å²) in [5.74, 6) is -0.911. The van der Waals surface area contributed by atoms with E-state index in [1.54, 1.807) is 6.08 Å². The molecule has 43 heavy (non-hydrogen) atoms. The van der Waals surface area contributed by atoms with Crippen LogP contribution in [0.2, 0.25) is 0 Å². The lowest BCUT2D eigenvalue weighted by Crippen LogP contribution is -2.28. The third kappa shape index (κ3) is 19.5. The standard InChI is InChI=1S/C35H64O8/c1-3-5-7-8-9-10-11-12-18-22-35(41)43-29(26-36)27-42-34(40)21-17-14-13-16-20-30-31(33(39)25-32(30)38)24-23-28(37)19-15-6-4-2/h23-24,28-33,36-39H,3-22,25-27H2,1-2H3/b24-23+/t28-,29-,30+,31+,32-,33+/m0/s1. The van der Waals surface area contributed by atoms with Crippen LogP contribution in [0.4, 0.5) is 0 Å². The third-order valence-electron chi connectivity index (χ3n) is 8.66. The van der Waals surface area contributed by atoms with Crippen molar-refractivity contribution >= 4 is 11.9 Å². The Morgan fingerprint density at radius 2 is 1.33 bits per heavy atom. The van der Waals surface area contributed by atoms with Crippen molar-refractivity contribution in [2.24, 2.45) is 11.8 Å². The smallest absolute Gasteiger partial charge is 0.306 e. The van der Waals surface area contributed by atoms with Gasteiger partial charge in [-0.05, 0) is 31.6 Å². The lowest BCUT2D eigenvalue weighted by atomic mass is 9.88. The quantitative estimate of drug-likeness (QED) is 0.0466. The van der Waals surface area contributed by atoms with Crippen molar-refractivity contribution in [3.8, 4) is 0 Å². The average Bonchev–Trinajstić information content (AvgIpc) is 3.26. The molecule has 1 fully saturated rings. The number of esters is 2. The normalized spacial score (nSPS) is 21.7. The predicted molar refractivity (Wildman–Crippen MR) is 170 cm³/mol. The Morgan fingerprint density at radius 3 is 1.95 bits per heavy atom. The van der Waals surface area contributed by atoms with Crippen LogP contribution in [0, 0.1) is 11.8 Å². The van der Waals surface area contributed by atoms with Crippen LogP contribution < -0.4 is 0 Å². The summed E-state index contributed by atoms with van der Waals surface area (Å²) in [5, 5.41) is 40.6. The monoisotopic (exact) mass is 612 g/mol. The molecule has 1 rings (SSSR count). The van der Waals surface area contributed by atoms with Crippen LogP contribution in [0.1, 0.15) is 149 Å². The van der Waals surface area contributed by atoms with E-state index >= 15 is 0 Å². The highest BCUT2D eigenvalue weighted by atomic mass is 16.6. The number of rotatable bonds is 27. The first-order valence-electron chi connectivity index (χ1n) is 17.5. The van der Waals surface area contributed by atoms with E-state index in [9.17, 15) is 30.0 Å². The van der Waals surface area contributed by atoms with Crippen LogP contribution >= 0.6 is 0 Å². The second kappa shape index (κ2) is 25.8. The summed E-state index contributed by atoms with van der Waals surface area (Å²) in [6, 6.07) is 0. The van der Waals surface area contributed by atoms with Crippen molar-refractivity contribution in [3.05, 3.63) is 12.2 Å². The minimum Gasteiger partial charge on any atom is -0.462 e. The Labute approximate surface area is 261 Å². The van der Waals surface area contributed by atoms with E-state index in [2.05, 4.69) is 13.8 Å². The highest BCUT2D eigenvalue weighted by Crippen LogP contribution is 2.37. The SMILES string of the molecule is CCCCCCCCCCCC(=O)O[C@@H](CO)COC(=O)CCCCCC[C@@H]1[C@@H](/C=C/[C@@H](O)CCCCC)[C@H](O)C[C@@H]1O. The fourth-order valence-corrected chi connectivity index (χ4v) is 5.94. The Kier molecular flexibility index (Phi) is 23.7. The first-order chi connectivity index (χ1) is 20.8. The Balaban J connectivity index is 2.16. The molecule has 0 aromatic heterocycles. The zero-order chi connectivity index (χ0) is 31.7. The van der Waals surface area contributed by atoms with Crippen LogP contribution in [0.15, 0.2) is 12.2 Å². The number of hydrogen-bond acceptors (Lipinski definition) is 8. The largest absolute Gasteiger partial charge is 0.462 e. The highest BCUT2D eigenvalue weighted by Gasteiger charge is 2.39. The maximum Gasteiger partial charge on any atom is 0.306 e. The van der Waals surface area contributed by atoms with Crippen LogP contribution in [0.25, 0.3) is 0 Å². The average molecular weight is 613 g/mol. The van der Waals surface area contributed by atoms with E-state index in [1.165, 1.54) is 38.5 Å². The molecule has 1 aliphatic rings. The first-order valence-corrected chi connectivity index (χ1v) is 17.5. The van der Waals surface area contributed by atoms with Gasteiger partial charge in [-0.3, -0.25) is 9.59 Å². The molecule has 4 N–H and O–H groups in total. The molecule has 0 aliphatic heterocycles. The Morgan fingerprint density at radius 1 is 0.767 bits per heavy atom. The predicted octanol–water partition coefficient (Wildman–Crippen LogP) is 6.55. The van der Waals surface area contributed by atoms with Gasteiger partial charge >= 0.3 is 11.9 Å². The number of ether oxygens (including phenoxy) is 2. The molecule has 1 saturated carbocycles. The number of hydrogen-bond donors (Lipinski definition) is 4. The summed E-state index contributed by atoms with van der Waals surface area (Å²) in [4.78, 5) is 24.2. The lowest BCUT2D eigenvalue weighted by Gasteiger charge is -2.21. The molecule has 0 aromatic rings. The topological polar surface area (TPSA) is 134 Å². The minimum atomic E-state index is -0.831. The molecule has 0 amide bonds. The molecule has 6 atom stereocenters. The zero-order valence-corrected chi connectivity index (χ0v) is 27.3. The summed E-state index contributed by atoms with van der Waals surface area (Å²) in [5.41, 5.74) is 0. The maximum atomic E-state index is 12.1. The Bertz CT molecular complexity index is 727. The molecule has 0 saturated heterocycles. The van der Waals surface area contributed by atoms with Gasteiger partial charge in [0.2, 0.25) is 0 Å². The van der Waals surface area contributed by atoms with E-state index in [4.69, 9.17) is 9.47 Å². The Hall–Kier alpha value is -1.48. The molecule has 0 radical (unpaired) electrons. The number of carbonyl (C=O) groups is 2. The number of aliphatic hydroxyl groups excluding tert-OH is 4.